The van der Waals surface area contributed by atoms with Crippen LogP contribution in [0.4, 0.5) is 0 Å². The topological polar surface area (TPSA) is 33.2 Å². The van der Waals surface area contributed by atoms with E-state index >= 15 is 0 Å². The Hall–Kier alpha value is -2.12. The number of aromatic nitrogens is 1. The van der Waals surface area contributed by atoms with Crippen LogP contribution in [-0.4, -0.2) is 29.4 Å². The van der Waals surface area contributed by atoms with Crippen LogP contribution in [0.3, 0.4) is 0 Å². The lowest BCUT2D eigenvalue weighted by Gasteiger charge is -2.10. The van der Waals surface area contributed by atoms with Crippen LogP contribution in [0.1, 0.15) is 9.80 Å². The molecule has 0 bridgehead atoms. The summed E-state index contributed by atoms with van der Waals surface area (Å²) >= 11 is 1.34. The van der Waals surface area contributed by atoms with Gasteiger partial charge in [0, 0.05) is 18.0 Å². The van der Waals surface area contributed by atoms with Crippen LogP contribution >= 0.6 is 11.3 Å². The third-order valence-corrected chi connectivity index (χ3v) is 3.26. The number of hydrogen-bond acceptors (Lipinski definition) is 3. The zero-order valence-electron chi connectivity index (χ0n) is 9.96. The molecule has 2 rings (SSSR count). The van der Waals surface area contributed by atoms with Crippen LogP contribution in [0.15, 0.2) is 35.7 Å². The smallest absolute Gasteiger partial charge is 0.283 e. The van der Waals surface area contributed by atoms with Crippen LogP contribution < -0.4 is 0 Å². The average molecular weight is 256 g/mol. The molecule has 0 aliphatic heterocycles. The van der Waals surface area contributed by atoms with Gasteiger partial charge in [-0.25, -0.2) is 4.98 Å². The molecule has 18 heavy (non-hydrogen) atoms. The van der Waals surface area contributed by atoms with Crippen LogP contribution in [-0.2, 0) is 0 Å². The first-order chi connectivity index (χ1) is 8.72. The van der Waals surface area contributed by atoms with Crippen molar-refractivity contribution in [3.8, 4) is 23.6 Å². The van der Waals surface area contributed by atoms with Gasteiger partial charge in [-0.15, -0.1) is 17.8 Å². The number of thiazole rings is 1. The minimum atomic E-state index is -0.139. The fourth-order valence-electron chi connectivity index (χ4n) is 1.49. The minimum absolute atomic E-state index is 0.139. The Morgan fingerprint density at radius 3 is 2.83 bits per heavy atom. The monoisotopic (exact) mass is 256 g/mol. The molecule has 1 aromatic heterocycles. The summed E-state index contributed by atoms with van der Waals surface area (Å²) in [5.74, 6) is 2.30. The van der Waals surface area contributed by atoms with Crippen LogP contribution in [0.2, 0.25) is 0 Å². The molecule has 0 spiro atoms. The van der Waals surface area contributed by atoms with Crippen molar-refractivity contribution in [3.05, 3.63) is 40.7 Å². The summed E-state index contributed by atoms with van der Waals surface area (Å²) in [4.78, 5) is 17.8. The number of amides is 1. The quantitative estimate of drug-likeness (QED) is 0.791. The first-order valence-corrected chi connectivity index (χ1v) is 6.30. The van der Waals surface area contributed by atoms with E-state index < -0.39 is 0 Å². The van der Waals surface area contributed by atoms with Crippen molar-refractivity contribution >= 4 is 17.2 Å². The summed E-state index contributed by atoms with van der Waals surface area (Å²) in [6, 6.07) is 9.77. The second-order valence-corrected chi connectivity index (χ2v) is 4.63. The maximum atomic E-state index is 12.0. The van der Waals surface area contributed by atoms with E-state index in [1.807, 2.05) is 35.7 Å². The average Bonchev–Trinajstić information content (AvgIpc) is 2.89. The van der Waals surface area contributed by atoms with Gasteiger partial charge in [-0.05, 0) is 0 Å². The number of rotatable bonds is 3. The molecule has 4 heteroatoms. The number of carbonyl (C=O) groups is 1. The molecule has 90 valence electrons. The van der Waals surface area contributed by atoms with Gasteiger partial charge in [0.2, 0.25) is 0 Å². The van der Waals surface area contributed by atoms with Gasteiger partial charge in [-0.3, -0.25) is 4.79 Å². The Balaban J connectivity index is 2.22. The largest absolute Gasteiger partial charge is 0.329 e. The van der Waals surface area contributed by atoms with Gasteiger partial charge in [0.1, 0.15) is 0 Å². The highest BCUT2D eigenvalue weighted by Crippen LogP contribution is 2.22. The maximum Gasteiger partial charge on any atom is 0.283 e. The number of benzene rings is 1. The fourth-order valence-corrected chi connectivity index (χ4v) is 2.31. The lowest BCUT2D eigenvalue weighted by Crippen LogP contribution is -2.26. The second kappa shape index (κ2) is 5.48. The van der Waals surface area contributed by atoms with E-state index in [2.05, 4.69) is 10.9 Å². The summed E-state index contributed by atoms with van der Waals surface area (Å²) in [5.41, 5.74) is 1.82. The van der Waals surface area contributed by atoms with Crippen molar-refractivity contribution in [1.29, 1.82) is 0 Å². The molecule has 0 saturated carbocycles. The molecule has 0 unspecified atom stereocenters. The summed E-state index contributed by atoms with van der Waals surface area (Å²) < 4.78 is 0. The Morgan fingerprint density at radius 1 is 1.44 bits per heavy atom. The molecule has 0 atom stereocenters. The predicted molar refractivity (Wildman–Crippen MR) is 73.3 cm³/mol. The van der Waals surface area contributed by atoms with Crippen molar-refractivity contribution in [3.63, 3.8) is 0 Å². The number of terminal acetylenes is 1. The van der Waals surface area contributed by atoms with Crippen LogP contribution in [0, 0.1) is 12.3 Å². The first-order valence-electron chi connectivity index (χ1n) is 5.42. The van der Waals surface area contributed by atoms with E-state index in [-0.39, 0.29) is 5.91 Å². The van der Waals surface area contributed by atoms with Crippen molar-refractivity contribution < 1.29 is 4.79 Å². The summed E-state index contributed by atoms with van der Waals surface area (Å²) in [6.07, 6.45) is 5.18. The maximum absolute atomic E-state index is 12.0. The van der Waals surface area contributed by atoms with Crippen molar-refractivity contribution in [2.75, 3.05) is 13.6 Å². The molecule has 1 heterocycles. The van der Waals surface area contributed by atoms with Gasteiger partial charge in [0.05, 0.1) is 12.2 Å². The number of nitrogens with zero attached hydrogens (tertiary/aromatic N) is 2. The van der Waals surface area contributed by atoms with E-state index in [1.54, 1.807) is 7.05 Å². The molecule has 0 fully saturated rings. The summed E-state index contributed by atoms with van der Waals surface area (Å²) in [6.45, 7) is 0.291. The lowest BCUT2D eigenvalue weighted by atomic mass is 10.2. The fraction of sp³-hybridized carbons (Fsp3) is 0.143. The van der Waals surface area contributed by atoms with Gasteiger partial charge in [-0.2, -0.15) is 0 Å². The standard InChI is InChI=1S/C14H12N2OS/c1-3-9-16(2)14(17)13-15-12(10-18-13)11-7-5-4-6-8-11/h1,4-8,10H,9H2,2H3. The van der Waals surface area contributed by atoms with Gasteiger partial charge in [-0.1, -0.05) is 36.3 Å². The molecular formula is C14H12N2OS. The summed E-state index contributed by atoms with van der Waals surface area (Å²) in [7, 11) is 1.67. The summed E-state index contributed by atoms with van der Waals surface area (Å²) in [5, 5.41) is 2.35. The molecular weight excluding hydrogens is 244 g/mol. The third-order valence-electron chi connectivity index (χ3n) is 2.43. The predicted octanol–water partition coefficient (Wildman–Crippen LogP) is 2.52. The molecule has 0 aliphatic carbocycles. The SMILES string of the molecule is C#CCN(C)C(=O)c1nc(-c2ccccc2)cs1. The molecule has 3 nitrogen and oxygen atoms in total. The van der Waals surface area contributed by atoms with Crippen molar-refractivity contribution in [1.82, 2.24) is 9.88 Å². The van der Waals surface area contributed by atoms with E-state index in [0.29, 0.717) is 11.6 Å². The molecule has 1 amide bonds. The number of hydrogen-bond donors (Lipinski definition) is 0. The highest BCUT2D eigenvalue weighted by molar-refractivity contribution is 7.12. The van der Waals surface area contributed by atoms with Gasteiger partial charge >= 0.3 is 0 Å². The molecule has 0 radical (unpaired) electrons. The van der Waals surface area contributed by atoms with Crippen molar-refractivity contribution in [2.45, 2.75) is 0 Å². The Bertz CT molecular complexity index is 583. The van der Waals surface area contributed by atoms with Gasteiger partial charge in [0.25, 0.3) is 5.91 Å². The van der Waals surface area contributed by atoms with Crippen LogP contribution in [0.5, 0.6) is 0 Å². The number of carbonyl (C=O) groups excluding carboxylic acids is 1. The Kier molecular flexibility index (Phi) is 3.75. The highest BCUT2D eigenvalue weighted by Gasteiger charge is 2.15. The van der Waals surface area contributed by atoms with E-state index in [9.17, 15) is 4.79 Å². The van der Waals surface area contributed by atoms with Gasteiger partial charge in [0.15, 0.2) is 5.01 Å². The van der Waals surface area contributed by atoms with Crippen LogP contribution in [0.25, 0.3) is 11.3 Å². The third kappa shape index (κ3) is 2.58. The highest BCUT2D eigenvalue weighted by atomic mass is 32.1. The van der Waals surface area contributed by atoms with E-state index in [1.165, 1.54) is 16.2 Å². The molecule has 0 saturated heterocycles. The Morgan fingerprint density at radius 2 is 2.17 bits per heavy atom. The molecule has 2 aromatic rings. The second-order valence-electron chi connectivity index (χ2n) is 3.77. The van der Waals surface area contributed by atoms with Gasteiger partial charge < -0.3 is 4.90 Å². The zero-order valence-corrected chi connectivity index (χ0v) is 10.8. The molecule has 0 aliphatic rings. The first kappa shape index (κ1) is 12.3. The van der Waals surface area contributed by atoms with Crippen molar-refractivity contribution in [2.24, 2.45) is 0 Å². The molecule has 1 aromatic carbocycles. The molecule has 0 N–H and O–H groups in total. The van der Waals surface area contributed by atoms with E-state index in [4.69, 9.17) is 6.42 Å². The van der Waals surface area contributed by atoms with E-state index in [0.717, 1.165) is 11.3 Å². The minimum Gasteiger partial charge on any atom is -0.329 e. The lowest BCUT2D eigenvalue weighted by molar-refractivity contribution is 0.0812. The Labute approximate surface area is 110 Å². The zero-order chi connectivity index (χ0) is 13.0. The normalized spacial score (nSPS) is 9.78.